The molecule has 5 nitrogen and oxygen atoms in total. The van der Waals surface area contributed by atoms with Gasteiger partial charge in [-0.1, -0.05) is 30.3 Å². The molecule has 0 bridgehead atoms. The lowest BCUT2D eigenvalue weighted by molar-refractivity contribution is -0.120. The lowest BCUT2D eigenvalue weighted by atomic mass is 10.0. The zero-order valence-corrected chi connectivity index (χ0v) is 19.0. The van der Waals surface area contributed by atoms with Gasteiger partial charge in [-0.25, -0.2) is 4.98 Å². The van der Waals surface area contributed by atoms with Crippen molar-refractivity contribution in [1.29, 1.82) is 0 Å². The second kappa shape index (κ2) is 8.97. The minimum Gasteiger partial charge on any atom is -0.353 e. The van der Waals surface area contributed by atoms with Crippen LogP contribution in [0.5, 0.6) is 0 Å². The molecule has 1 amide bonds. The van der Waals surface area contributed by atoms with Gasteiger partial charge in [0.1, 0.15) is 0 Å². The van der Waals surface area contributed by atoms with E-state index < -0.39 is 0 Å². The maximum atomic E-state index is 13.7. The molecule has 0 radical (unpaired) electrons. The first-order valence-corrected chi connectivity index (χ1v) is 12.2. The Balaban J connectivity index is 1.40. The van der Waals surface area contributed by atoms with E-state index in [0.29, 0.717) is 19.1 Å². The standard InChI is InChI=1S/C25H30N4OS/c1-27-15-7-12-21(27)22-13-8-16-28(22)18-24(30)29(17-19-9-3-2-4-10-19)25-26-20-11-5-6-14-23(20)31-25/h2-4,7,9-10,12,15,22H,5-6,8,11,13-14,16-18H2,1H3. The molecule has 1 saturated heterocycles. The van der Waals surface area contributed by atoms with E-state index in [4.69, 9.17) is 4.98 Å². The maximum absolute atomic E-state index is 13.7. The van der Waals surface area contributed by atoms with Gasteiger partial charge in [0.2, 0.25) is 5.91 Å². The molecule has 31 heavy (non-hydrogen) atoms. The molecule has 3 heterocycles. The van der Waals surface area contributed by atoms with Crippen molar-refractivity contribution in [3.63, 3.8) is 0 Å². The van der Waals surface area contributed by atoms with Crippen molar-refractivity contribution in [2.24, 2.45) is 7.05 Å². The second-order valence-electron chi connectivity index (χ2n) is 8.71. The largest absolute Gasteiger partial charge is 0.353 e. The molecule has 3 aromatic rings. The third kappa shape index (κ3) is 4.32. The summed E-state index contributed by atoms with van der Waals surface area (Å²) in [7, 11) is 2.09. The molecule has 0 spiro atoms. The number of anilines is 1. The van der Waals surface area contributed by atoms with Gasteiger partial charge in [0.25, 0.3) is 0 Å². The third-order valence-electron chi connectivity index (χ3n) is 6.58. The number of aryl methyl sites for hydroxylation is 3. The average Bonchev–Trinajstić information content (AvgIpc) is 3.51. The van der Waals surface area contributed by atoms with Crippen LogP contribution in [0.25, 0.3) is 0 Å². The fraction of sp³-hybridized carbons (Fsp3) is 0.440. The SMILES string of the molecule is Cn1cccc1C1CCCN1CC(=O)N(Cc1ccccc1)c1nc2c(s1)CCCC2. The Morgan fingerprint density at radius 2 is 1.97 bits per heavy atom. The summed E-state index contributed by atoms with van der Waals surface area (Å²) >= 11 is 1.72. The predicted molar refractivity (Wildman–Crippen MR) is 125 cm³/mol. The molecule has 0 N–H and O–H groups in total. The number of fused-ring (bicyclic) bond motifs is 1. The summed E-state index contributed by atoms with van der Waals surface area (Å²) in [5.41, 5.74) is 3.65. The van der Waals surface area contributed by atoms with Gasteiger partial charge in [0.05, 0.1) is 24.8 Å². The van der Waals surface area contributed by atoms with Crippen LogP contribution in [0, 0.1) is 0 Å². The van der Waals surface area contributed by atoms with Gasteiger partial charge in [-0.3, -0.25) is 14.6 Å². The number of carbonyl (C=O) groups is 1. The van der Waals surface area contributed by atoms with Gasteiger partial charge in [-0.2, -0.15) is 0 Å². The molecule has 2 aromatic heterocycles. The Hall–Kier alpha value is -2.44. The number of hydrogen-bond donors (Lipinski definition) is 0. The van der Waals surface area contributed by atoms with Gasteiger partial charge < -0.3 is 4.57 Å². The topological polar surface area (TPSA) is 41.4 Å². The Kier molecular flexibility index (Phi) is 5.92. The fourth-order valence-electron chi connectivity index (χ4n) is 4.91. The van der Waals surface area contributed by atoms with E-state index in [1.54, 1.807) is 11.3 Å². The third-order valence-corrected chi connectivity index (χ3v) is 7.76. The number of hydrogen-bond acceptors (Lipinski definition) is 4. The van der Waals surface area contributed by atoms with E-state index in [9.17, 15) is 4.79 Å². The summed E-state index contributed by atoms with van der Waals surface area (Å²) < 4.78 is 2.18. The van der Waals surface area contributed by atoms with Crippen LogP contribution in [0.2, 0.25) is 0 Å². The van der Waals surface area contributed by atoms with Crippen LogP contribution < -0.4 is 4.90 Å². The average molecular weight is 435 g/mol. The molecule has 1 aromatic carbocycles. The fourth-order valence-corrected chi connectivity index (χ4v) is 6.08. The molecule has 1 unspecified atom stereocenters. The van der Waals surface area contributed by atoms with E-state index >= 15 is 0 Å². The summed E-state index contributed by atoms with van der Waals surface area (Å²) in [6.07, 6.45) is 8.91. The van der Waals surface area contributed by atoms with Crippen molar-refractivity contribution in [2.75, 3.05) is 18.0 Å². The van der Waals surface area contributed by atoms with E-state index in [0.717, 1.165) is 42.9 Å². The molecule has 6 heteroatoms. The highest BCUT2D eigenvalue weighted by atomic mass is 32.1. The molecular weight excluding hydrogens is 404 g/mol. The number of carbonyl (C=O) groups excluding carboxylic acids is 1. The van der Waals surface area contributed by atoms with Crippen LogP contribution in [-0.2, 0) is 31.2 Å². The van der Waals surface area contributed by atoms with Crippen molar-refractivity contribution < 1.29 is 4.79 Å². The molecule has 1 aliphatic heterocycles. The Morgan fingerprint density at radius 3 is 2.74 bits per heavy atom. The molecule has 1 fully saturated rings. The minimum atomic E-state index is 0.149. The van der Waals surface area contributed by atoms with Crippen LogP contribution in [0.3, 0.4) is 0 Å². The molecule has 0 saturated carbocycles. The van der Waals surface area contributed by atoms with Crippen molar-refractivity contribution in [3.8, 4) is 0 Å². The van der Waals surface area contributed by atoms with Crippen molar-refractivity contribution >= 4 is 22.4 Å². The van der Waals surface area contributed by atoms with Crippen molar-refractivity contribution in [1.82, 2.24) is 14.5 Å². The number of nitrogens with zero attached hydrogens (tertiary/aromatic N) is 4. The van der Waals surface area contributed by atoms with E-state index in [1.165, 1.54) is 29.1 Å². The molecule has 162 valence electrons. The smallest absolute Gasteiger partial charge is 0.243 e. The van der Waals surface area contributed by atoms with E-state index in [-0.39, 0.29) is 5.91 Å². The molecule has 5 rings (SSSR count). The van der Waals surface area contributed by atoms with Gasteiger partial charge in [-0.15, -0.1) is 11.3 Å². The second-order valence-corrected chi connectivity index (χ2v) is 9.77. The van der Waals surface area contributed by atoms with Crippen LogP contribution in [0.15, 0.2) is 48.7 Å². The normalized spacial score (nSPS) is 18.8. The Bertz CT molecular complexity index is 1020. The van der Waals surface area contributed by atoms with E-state index in [1.807, 2.05) is 23.1 Å². The summed E-state index contributed by atoms with van der Waals surface area (Å²) in [5, 5.41) is 0.871. The van der Waals surface area contributed by atoms with Crippen LogP contribution >= 0.6 is 11.3 Å². The first-order chi connectivity index (χ1) is 15.2. The Morgan fingerprint density at radius 1 is 1.13 bits per heavy atom. The summed E-state index contributed by atoms with van der Waals surface area (Å²) in [6.45, 7) is 1.98. The van der Waals surface area contributed by atoms with Crippen molar-refractivity contribution in [3.05, 3.63) is 70.5 Å². The van der Waals surface area contributed by atoms with E-state index in [2.05, 4.69) is 47.0 Å². The van der Waals surface area contributed by atoms with Gasteiger partial charge in [0, 0.05) is 23.8 Å². The Labute approximate surface area is 188 Å². The van der Waals surface area contributed by atoms with Gasteiger partial charge in [-0.05, 0) is 62.8 Å². The van der Waals surface area contributed by atoms with Crippen LogP contribution in [0.4, 0.5) is 5.13 Å². The minimum absolute atomic E-state index is 0.149. The molecule has 2 aliphatic rings. The number of amides is 1. The highest BCUT2D eigenvalue weighted by molar-refractivity contribution is 7.15. The number of likely N-dealkylation sites (tertiary alicyclic amines) is 1. The quantitative estimate of drug-likeness (QED) is 0.563. The molecule has 1 aliphatic carbocycles. The lowest BCUT2D eigenvalue weighted by Gasteiger charge is -2.28. The number of rotatable bonds is 6. The molecule has 1 atom stereocenters. The zero-order valence-electron chi connectivity index (χ0n) is 18.2. The molecular formula is C25H30N4OS. The van der Waals surface area contributed by atoms with Crippen LogP contribution in [0.1, 0.15) is 53.6 Å². The monoisotopic (exact) mass is 434 g/mol. The highest BCUT2D eigenvalue weighted by Crippen LogP contribution is 2.34. The maximum Gasteiger partial charge on any atom is 0.243 e. The predicted octanol–water partition coefficient (Wildman–Crippen LogP) is 4.73. The number of benzene rings is 1. The van der Waals surface area contributed by atoms with Gasteiger partial charge >= 0.3 is 0 Å². The first kappa shape index (κ1) is 20.5. The number of aromatic nitrogens is 2. The highest BCUT2D eigenvalue weighted by Gasteiger charge is 2.32. The van der Waals surface area contributed by atoms with Gasteiger partial charge in [0.15, 0.2) is 5.13 Å². The number of thiazole rings is 1. The first-order valence-electron chi connectivity index (χ1n) is 11.4. The van der Waals surface area contributed by atoms with Crippen LogP contribution in [-0.4, -0.2) is 33.4 Å². The summed E-state index contributed by atoms with van der Waals surface area (Å²) in [6, 6.07) is 14.9. The summed E-state index contributed by atoms with van der Waals surface area (Å²) in [5.74, 6) is 0.149. The zero-order chi connectivity index (χ0) is 21.2. The van der Waals surface area contributed by atoms with Crippen molar-refractivity contribution in [2.45, 2.75) is 51.1 Å². The summed E-state index contributed by atoms with van der Waals surface area (Å²) in [4.78, 5) is 24.2. The lowest BCUT2D eigenvalue weighted by Crippen LogP contribution is -2.40.